The first kappa shape index (κ1) is 17.1. The second kappa shape index (κ2) is 8.39. The Balaban J connectivity index is 2.44. The minimum absolute atomic E-state index is 0.0750. The molecule has 6 nitrogen and oxygen atoms in total. The van der Waals surface area contributed by atoms with Gasteiger partial charge in [-0.1, -0.05) is 39.0 Å². The molecule has 0 aliphatic rings. The first-order valence-electron chi connectivity index (χ1n) is 7.17. The summed E-state index contributed by atoms with van der Waals surface area (Å²) in [6.07, 6.45) is 6.64. The zero-order chi connectivity index (χ0) is 15.0. The first-order chi connectivity index (χ1) is 9.53. The molecule has 0 aromatic carbocycles. The number of nitrogens with zero attached hydrogens (tertiary/aromatic N) is 1. The molecule has 1 rings (SSSR count). The summed E-state index contributed by atoms with van der Waals surface area (Å²) >= 11 is 0. The fraction of sp³-hybridized carbons (Fsp3) is 0.769. The van der Waals surface area contributed by atoms with Crippen molar-refractivity contribution >= 4 is 10.0 Å². The van der Waals surface area contributed by atoms with Gasteiger partial charge in [0.2, 0.25) is 10.0 Å². The minimum atomic E-state index is -3.59. The van der Waals surface area contributed by atoms with Crippen molar-refractivity contribution in [2.45, 2.75) is 63.9 Å². The number of aryl methyl sites for hydroxylation is 1. The van der Waals surface area contributed by atoms with Crippen molar-refractivity contribution in [3.05, 3.63) is 11.4 Å². The van der Waals surface area contributed by atoms with E-state index < -0.39 is 16.6 Å². The van der Waals surface area contributed by atoms with Crippen molar-refractivity contribution in [2.75, 3.05) is 6.54 Å². The Labute approximate surface area is 121 Å². The molecule has 3 N–H and O–H groups in total. The number of H-pyrrole nitrogens is 1. The molecule has 0 spiro atoms. The summed E-state index contributed by atoms with van der Waals surface area (Å²) < 4.78 is 26.9. The Morgan fingerprint density at radius 1 is 1.20 bits per heavy atom. The number of aromatic amines is 1. The highest BCUT2D eigenvalue weighted by Crippen LogP contribution is 2.17. The van der Waals surface area contributed by atoms with Gasteiger partial charge in [0.05, 0.1) is 12.3 Å². The van der Waals surface area contributed by atoms with Crippen molar-refractivity contribution in [3.63, 3.8) is 0 Å². The summed E-state index contributed by atoms with van der Waals surface area (Å²) in [5.41, 5.74) is 0.613. The zero-order valence-electron chi connectivity index (χ0n) is 12.3. The monoisotopic (exact) mass is 303 g/mol. The molecule has 7 heteroatoms. The highest BCUT2D eigenvalue weighted by Gasteiger charge is 2.23. The standard InChI is InChI=1S/C13H25N3O3S/c1-3-4-5-6-7-8-9-14-20(18,19)13-11(2)15-16-12(13)10-17/h14,17H,3-10H2,1-2H3,(H,15,16). The van der Waals surface area contributed by atoms with E-state index in [0.717, 1.165) is 19.3 Å². The van der Waals surface area contributed by atoms with Crippen LogP contribution in [0.4, 0.5) is 0 Å². The highest BCUT2D eigenvalue weighted by molar-refractivity contribution is 7.89. The van der Waals surface area contributed by atoms with Crippen LogP contribution in [0.5, 0.6) is 0 Å². The molecule has 0 aliphatic carbocycles. The van der Waals surface area contributed by atoms with Gasteiger partial charge in [-0.2, -0.15) is 5.10 Å². The van der Waals surface area contributed by atoms with E-state index in [1.165, 1.54) is 19.3 Å². The first-order valence-corrected chi connectivity index (χ1v) is 8.65. The SMILES string of the molecule is CCCCCCCCNS(=O)(=O)c1c(CO)n[nH]c1C. The third-order valence-electron chi connectivity index (χ3n) is 3.20. The number of rotatable bonds is 10. The van der Waals surface area contributed by atoms with E-state index >= 15 is 0 Å². The van der Waals surface area contributed by atoms with Crippen LogP contribution in [0, 0.1) is 6.92 Å². The van der Waals surface area contributed by atoms with Gasteiger partial charge in [-0.3, -0.25) is 5.10 Å². The van der Waals surface area contributed by atoms with Crippen LogP contribution in [-0.4, -0.2) is 30.3 Å². The van der Waals surface area contributed by atoms with Crippen LogP contribution in [-0.2, 0) is 16.6 Å². The normalized spacial score (nSPS) is 11.9. The smallest absolute Gasteiger partial charge is 0.244 e. The maximum absolute atomic E-state index is 12.1. The Bertz CT molecular complexity index is 497. The predicted molar refractivity (Wildman–Crippen MR) is 77.8 cm³/mol. The summed E-state index contributed by atoms with van der Waals surface area (Å²) in [6.45, 7) is 3.83. The molecular weight excluding hydrogens is 278 g/mol. The number of aliphatic hydroxyl groups is 1. The van der Waals surface area contributed by atoms with Gasteiger partial charge in [-0.15, -0.1) is 0 Å². The van der Waals surface area contributed by atoms with E-state index in [4.69, 9.17) is 5.11 Å². The van der Waals surface area contributed by atoms with Crippen LogP contribution in [0.15, 0.2) is 4.90 Å². The molecule has 0 aliphatic heterocycles. The van der Waals surface area contributed by atoms with Crippen LogP contribution in [0.1, 0.15) is 56.8 Å². The molecule has 116 valence electrons. The molecule has 1 heterocycles. The largest absolute Gasteiger partial charge is 0.390 e. The average molecular weight is 303 g/mol. The van der Waals surface area contributed by atoms with Gasteiger partial charge in [-0.25, -0.2) is 13.1 Å². The van der Waals surface area contributed by atoms with E-state index in [9.17, 15) is 8.42 Å². The second-order valence-corrected chi connectivity index (χ2v) is 6.65. The summed E-state index contributed by atoms with van der Waals surface area (Å²) in [5, 5.41) is 15.5. The fourth-order valence-corrected chi connectivity index (χ4v) is 3.54. The number of unbranched alkanes of at least 4 members (excludes halogenated alkanes) is 5. The molecule has 0 unspecified atom stereocenters. The van der Waals surface area contributed by atoms with Gasteiger partial charge in [0.15, 0.2) is 0 Å². The van der Waals surface area contributed by atoms with Crippen LogP contribution in [0.25, 0.3) is 0 Å². The Morgan fingerprint density at radius 3 is 2.50 bits per heavy atom. The maximum Gasteiger partial charge on any atom is 0.244 e. The lowest BCUT2D eigenvalue weighted by Crippen LogP contribution is -2.26. The number of hydrogen-bond acceptors (Lipinski definition) is 4. The number of aromatic nitrogens is 2. The highest BCUT2D eigenvalue weighted by atomic mass is 32.2. The lowest BCUT2D eigenvalue weighted by Gasteiger charge is -2.07. The van der Waals surface area contributed by atoms with E-state index in [0.29, 0.717) is 12.2 Å². The Morgan fingerprint density at radius 2 is 1.85 bits per heavy atom. The maximum atomic E-state index is 12.1. The molecule has 0 saturated carbocycles. The van der Waals surface area contributed by atoms with Gasteiger partial charge >= 0.3 is 0 Å². The van der Waals surface area contributed by atoms with Gasteiger partial charge < -0.3 is 5.11 Å². The van der Waals surface area contributed by atoms with Gasteiger partial charge in [0.1, 0.15) is 10.6 Å². The van der Waals surface area contributed by atoms with Crippen LogP contribution in [0.2, 0.25) is 0 Å². The fourth-order valence-electron chi connectivity index (χ4n) is 2.12. The molecule has 20 heavy (non-hydrogen) atoms. The average Bonchev–Trinajstić information content (AvgIpc) is 2.79. The van der Waals surface area contributed by atoms with E-state index in [1.54, 1.807) is 6.92 Å². The summed E-state index contributed by atoms with van der Waals surface area (Å²) in [4.78, 5) is 0.0750. The molecule has 0 amide bonds. The molecule has 0 radical (unpaired) electrons. The quantitative estimate of drug-likeness (QED) is 0.575. The molecule has 0 saturated heterocycles. The third kappa shape index (κ3) is 4.88. The Kier molecular flexibility index (Phi) is 7.18. The van der Waals surface area contributed by atoms with Crippen molar-refractivity contribution in [1.29, 1.82) is 0 Å². The number of sulfonamides is 1. The lowest BCUT2D eigenvalue weighted by atomic mass is 10.1. The molecule has 1 aromatic heterocycles. The number of nitrogens with one attached hydrogen (secondary N) is 2. The zero-order valence-corrected chi connectivity index (χ0v) is 13.1. The molecule has 1 aromatic rings. The van der Waals surface area contributed by atoms with Crippen molar-refractivity contribution < 1.29 is 13.5 Å². The van der Waals surface area contributed by atoms with Crippen LogP contribution < -0.4 is 4.72 Å². The molecule has 0 fully saturated rings. The van der Waals surface area contributed by atoms with Gasteiger partial charge in [-0.05, 0) is 13.3 Å². The minimum Gasteiger partial charge on any atom is -0.390 e. The van der Waals surface area contributed by atoms with Crippen LogP contribution in [0.3, 0.4) is 0 Å². The third-order valence-corrected chi connectivity index (χ3v) is 4.87. The van der Waals surface area contributed by atoms with E-state index in [1.807, 2.05) is 0 Å². The van der Waals surface area contributed by atoms with Gasteiger partial charge in [0.25, 0.3) is 0 Å². The van der Waals surface area contributed by atoms with Crippen LogP contribution >= 0.6 is 0 Å². The van der Waals surface area contributed by atoms with Crippen molar-refractivity contribution in [2.24, 2.45) is 0 Å². The summed E-state index contributed by atoms with van der Waals surface area (Å²) in [7, 11) is -3.59. The molecule has 0 bridgehead atoms. The topological polar surface area (TPSA) is 95.1 Å². The Hall–Kier alpha value is -0.920. The van der Waals surface area contributed by atoms with E-state index in [-0.39, 0.29) is 10.6 Å². The lowest BCUT2D eigenvalue weighted by molar-refractivity contribution is 0.273. The summed E-state index contributed by atoms with van der Waals surface area (Å²) in [5.74, 6) is 0. The van der Waals surface area contributed by atoms with E-state index in [2.05, 4.69) is 21.8 Å². The van der Waals surface area contributed by atoms with Crippen molar-refractivity contribution in [1.82, 2.24) is 14.9 Å². The van der Waals surface area contributed by atoms with Gasteiger partial charge in [0, 0.05) is 6.54 Å². The molecule has 0 atom stereocenters. The molecular formula is C13H25N3O3S. The predicted octanol–water partition coefficient (Wildman–Crippen LogP) is 1.85. The summed E-state index contributed by atoms with van der Waals surface area (Å²) in [6, 6.07) is 0. The number of hydrogen-bond donors (Lipinski definition) is 3. The number of aliphatic hydroxyl groups excluding tert-OH is 1. The van der Waals surface area contributed by atoms with Crippen molar-refractivity contribution in [3.8, 4) is 0 Å². The second-order valence-electron chi connectivity index (χ2n) is 4.95.